The predicted molar refractivity (Wildman–Crippen MR) is 115 cm³/mol. The van der Waals surface area contributed by atoms with E-state index in [0.717, 1.165) is 70.0 Å². The highest BCUT2D eigenvalue weighted by molar-refractivity contribution is 7.17. The number of allylic oxidation sites excluding steroid dienone is 2. The van der Waals surface area contributed by atoms with Crippen molar-refractivity contribution >= 4 is 34.1 Å². The fourth-order valence-electron chi connectivity index (χ4n) is 5.85. The van der Waals surface area contributed by atoms with Crippen molar-refractivity contribution in [1.29, 1.82) is 0 Å². The number of hydrogen-bond donors (Lipinski definition) is 2. The first-order valence-electron chi connectivity index (χ1n) is 11.2. The molecular weight excluding hydrogens is 400 g/mol. The molecule has 2 amide bonds. The van der Waals surface area contributed by atoms with E-state index in [4.69, 9.17) is 0 Å². The van der Waals surface area contributed by atoms with Crippen molar-refractivity contribution in [3.8, 4) is 0 Å². The standard InChI is InChI=1S/C23H28N2O4S/c26-20(17-13-8-9-14(12-13)18(17)23(28)29)24-21-19(15-6-2-3-7-16(15)30-21)22(27)25-10-4-1-5-11-25/h8-9,13-14,17-18H,1-7,10-12H2,(H,24,26)(H,28,29)/t13-,14+,17-,18+/m0/s1. The molecular formula is C23H28N2O4S. The zero-order valence-corrected chi connectivity index (χ0v) is 17.9. The molecule has 4 atom stereocenters. The molecule has 6 nitrogen and oxygen atoms in total. The van der Waals surface area contributed by atoms with Crippen LogP contribution in [0.1, 0.15) is 59.3 Å². The van der Waals surface area contributed by atoms with Gasteiger partial charge in [0.2, 0.25) is 5.91 Å². The van der Waals surface area contributed by atoms with Gasteiger partial charge in [0.25, 0.3) is 5.91 Å². The molecule has 30 heavy (non-hydrogen) atoms. The number of carbonyl (C=O) groups excluding carboxylic acids is 2. The number of thiophene rings is 1. The van der Waals surface area contributed by atoms with Gasteiger partial charge in [0.1, 0.15) is 5.00 Å². The minimum absolute atomic E-state index is 0.0214. The highest BCUT2D eigenvalue weighted by Gasteiger charge is 2.51. The molecule has 7 heteroatoms. The summed E-state index contributed by atoms with van der Waals surface area (Å²) in [6, 6.07) is 0. The van der Waals surface area contributed by atoms with E-state index in [9.17, 15) is 19.5 Å². The molecule has 0 aromatic carbocycles. The lowest BCUT2D eigenvalue weighted by molar-refractivity contribution is -0.146. The van der Waals surface area contributed by atoms with Crippen LogP contribution >= 0.6 is 11.3 Å². The summed E-state index contributed by atoms with van der Waals surface area (Å²) < 4.78 is 0. The molecule has 0 radical (unpaired) electrons. The summed E-state index contributed by atoms with van der Waals surface area (Å²) in [5.41, 5.74) is 1.79. The topological polar surface area (TPSA) is 86.7 Å². The van der Waals surface area contributed by atoms with Gasteiger partial charge in [-0.3, -0.25) is 14.4 Å². The monoisotopic (exact) mass is 428 g/mol. The number of fused-ring (bicyclic) bond motifs is 3. The van der Waals surface area contributed by atoms with Gasteiger partial charge >= 0.3 is 5.97 Å². The van der Waals surface area contributed by atoms with Crippen LogP contribution in [-0.2, 0) is 22.4 Å². The van der Waals surface area contributed by atoms with Gasteiger partial charge in [-0.1, -0.05) is 12.2 Å². The molecule has 1 aromatic rings. The van der Waals surface area contributed by atoms with Gasteiger partial charge in [0.05, 0.1) is 17.4 Å². The maximum absolute atomic E-state index is 13.4. The number of anilines is 1. The van der Waals surface area contributed by atoms with Crippen molar-refractivity contribution in [1.82, 2.24) is 4.90 Å². The first kappa shape index (κ1) is 19.8. The van der Waals surface area contributed by atoms with Crippen molar-refractivity contribution in [2.75, 3.05) is 18.4 Å². The smallest absolute Gasteiger partial charge is 0.307 e. The molecule has 3 aliphatic carbocycles. The van der Waals surface area contributed by atoms with Crippen LogP contribution in [0, 0.1) is 23.7 Å². The minimum atomic E-state index is -0.901. The van der Waals surface area contributed by atoms with Crippen molar-refractivity contribution in [2.45, 2.75) is 51.4 Å². The first-order valence-corrected chi connectivity index (χ1v) is 12.0. The van der Waals surface area contributed by atoms with Crippen LogP contribution in [0.15, 0.2) is 12.2 Å². The Hall–Kier alpha value is -2.15. The third kappa shape index (κ3) is 3.27. The Kier molecular flexibility index (Phi) is 5.17. The highest BCUT2D eigenvalue weighted by atomic mass is 32.1. The van der Waals surface area contributed by atoms with Crippen LogP contribution in [0.4, 0.5) is 5.00 Å². The Labute approximate surface area is 180 Å². The van der Waals surface area contributed by atoms with Gasteiger partial charge < -0.3 is 15.3 Å². The van der Waals surface area contributed by atoms with E-state index in [-0.39, 0.29) is 23.7 Å². The average molecular weight is 429 g/mol. The summed E-state index contributed by atoms with van der Waals surface area (Å²) in [5, 5.41) is 13.4. The molecule has 0 unspecified atom stereocenters. The Balaban J connectivity index is 1.45. The first-order chi connectivity index (χ1) is 14.5. The Bertz CT molecular complexity index is 915. The molecule has 1 aromatic heterocycles. The zero-order valence-electron chi connectivity index (χ0n) is 17.1. The number of rotatable bonds is 4. The number of nitrogens with one attached hydrogen (secondary N) is 1. The molecule has 1 saturated heterocycles. The second kappa shape index (κ2) is 7.84. The Morgan fingerprint density at radius 2 is 1.67 bits per heavy atom. The average Bonchev–Trinajstić information content (AvgIpc) is 3.46. The summed E-state index contributed by atoms with van der Waals surface area (Å²) in [7, 11) is 0. The molecule has 2 N–H and O–H groups in total. The lowest BCUT2D eigenvalue weighted by atomic mass is 9.82. The van der Waals surface area contributed by atoms with Gasteiger partial charge in [0.15, 0.2) is 0 Å². The molecule has 5 rings (SSSR count). The van der Waals surface area contributed by atoms with Gasteiger partial charge in [-0.25, -0.2) is 0 Å². The van der Waals surface area contributed by atoms with Crippen LogP contribution in [0.25, 0.3) is 0 Å². The van der Waals surface area contributed by atoms with E-state index in [1.807, 2.05) is 17.1 Å². The summed E-state index contributed by atoms with van der Waals surface area (Å²) in [5.74, 6) is -2.42. The maximum atomic E-state index is 13.4. The zero-order chi connectivity index (χ0) is 20.8. The number of nitrogens with zero attached hydrogens (tertiary/aromatic N) is 1. The quantitative estimate of drug-likeness (QED) is 0.716. The molecule has 2 bridgehead atoms. The molecule has 4 aliphatic rings. The van der Waals surface area contributed by atoms with E-state index in [1.165, 1.54) is 16.2 Å². The van der Waals surface area contributed by atoms with Crippen LogP contribution < -0.4 is 5.32 Å². The fourth-order valence-corrected chi connectivity index (χ4v) is 7.13. The number of piperidine rings is 1. The summed E-state index contributed by atoms with van der Waals surface area (Å²) >= 11 is 1.53. The van der Waals surface area contributed by atoms with E-state index in [2.05, 4.69) is 5.32 Å². The van der Waals surface area contributed by atoms with Crippen LogP contribution in [0.5, 0.6) is 0 Å². The van der Waals surface area contributed by atoms with Crippen molar-refractivity contribution in [3.05, 3.63) is 28.2 Å². The molecule has 1 aliphatic heterocycles. The lowest BCUT2D eigenvalue weighted by Gasteiger charge is -2.28. The second-order valence-electron chi connectivity index (χ2n) is 9.10. The van der Waals surface area contributed by atoms with Crippen LogP contribution in [0.3, 0.4) is 0 Å². The minimum Gasteiger partial charge on any atom is -0.481 e. The molecule has 0 spiro atoms. The van der Waals surface area contributed by atoms with Crippen LogP contribution in [0.2, 0.25) is 0 Å². The lowest BCUT2D eigenvalue weighted by Crippen LogP contribution is -2.38. The van der Waals surface area contributed by atoms with Gasteiger partial charge in [-0.05, 0) is 68.8 Å². The SMILES string of the molecule is O=C(Nc1sc2c(c1C(=O)N1CCCCC1)CCCC2)[C@@H]1[C@H](C(=O)O)[C@@H]2C=C[C@H]1C2. The number of carboxylic acids is 1. The number of amides is 2. The van der Waals surface area contributed by atoms with Crippen molar-refractivity contribution in [3.63, 3.8) is 0 Å². The van der Waals surface area contributed by atoms with Gasteiger partial charge in [0, 0.05) is 18.0 Å². The van der Waals surface area contributed by atoms with E-state index >= 15 is 0 Å². The number of carboxylic acid groups (broad SMARTS) is 1. The fraction of sp³-hybridized carbons (Fsp3) is 0.609. The van der Waals surface area contributed by atoms with E-state index in [0.29, 0.717) is 10.6 Å². The summed E-state index contributed by atoms with van der Waals surface area (Å²) in [6.45, 7) is 1.55. The number of hydrogen-bond acceptors (Lipinski definition) is 4. The number of likely N-dealkylation sites (tertiary alicyclic amines) is 1. The molecule has 160 valence electrons. The third-order valence-corrected chi connectivity index (χ3v) is 8.52. The summed E-state index contributed by atoms with van der Waals surface area (Å²) in [4.78, 5) is 41.7. The highest BCUT2D eigenvalue weighted by Crippen LogP contribution is 2.49. The van der Waals surface area contributed by atoms with Crippen LogP contribution in [-0.4, -0.2) is 40.9 Å². The summed E-state index contributed by atoms with van der Waals surface area (Å²) in [6.07, 6.45) is 11.9. The Morgan fingerprint density at radius 1 is 0.967 bits per heavy atom. The largest absolute Gasteiger partial charge is 0.481 e. The van der Waals surface area contributed by atoms with Gasteiger partial charge in [-0.15, -0.1) is 11.3 Å². The normalized spacial score (nSPS) is 29.7. The van der Waals surface area contributed by atoms with Gasteiger partial charge in [-0.2, -0.15) is 0 Å². The maximum Gasteiger partial charge on any atom is 0.307 e. The predicted octanol–water partition coefficient (Wildman–Crippen LogP) is 3.71. The van der Waals surface area contributed by atoms with E-state index < -0.39 is 17.8 Å². The molecule has 1 saturated carbocycles. The van der Waals surface area contributed by atoms with Crippen molar-refractivity contribution in [2.24, 2.45) is 23.7 Å². The second-order valence-corrected chi connectivity index (χ2v) is 10.2. The number of carbonyl (C=O) groups is 3. The number of aliphatic carboxylic acids is 1. The Morgan fingerprint density at radius 3 is 2.40 bits per heavy atom. The van der Waals surface area contributed by atoms with Crippen molar-refractivity contribution < 1.29 is 19.5 Å². The number of aryl methyl sites for hydroxylation is 1. The van der Waals surface area contributed by atoms with E-state index in [1.54, 1.807) is 0 Å². The third-order valence-electron chi connectivity index (χ3n) is 7.31. The molecule has 2 heterocycles. The molecule has 2 fully saturated rings.